The van der Waals surface area contributed by atoms with Crippen LogP contribution in [-0.4, -0.2) is 20.7 Å². The Kier molecular flexibility index (Phi) is 3.36. The molecular formula is C19H13FN4OS. The number of para-hydroxylation sites is 1. The van der Waals surface area contributed by atoms with Gasteiger partial charge < -0.3 is 5.32 Å². The number of amides is 1. The SMILES string of the molecule is O=C1CC(c2cccc(F)c2)c2cnn(-c3nc4ccccc4s3)c2N1. The van der Waals surface area contributed by atoms with Crippen molar-refractivity contribution in [1.82, 2.24) is 14.8 Å². The monoisotopic (exact) mass is 364 g/mol. The van der Waals surface area contributed by atoms with E-state index in [9.17, 15) is 9.18 Å². The van der Waals surface area contributed by atoms with Gasteiger partial charge in [0, 0.05) is 17.9 Å². The van der Waals surface area contributed by atoms with Crippen LogP contribution in [0.1, 0.15) is 23.5 Å². The van der Waals surface area contributed by atoms with E-state index in [1.807, 2.05) is 30.3 Å². The third-order valence-corrected chi connectivity index (χ3v) is 5.55. The lowest BCUT2D eigenvalue weighted by Gasteiger charge is -2.23. The Morgan fingerprint density at radius 1 is 1.19 bits per heavy atom. The molecule has 0 spiro atoms. The van der Waals surface area contributed by atoms with Crippen molar-refractivity contribution < 1.29 is 9.18 Å². The van der Waals surface area contributed by atoms with E-state index in [0.29, 0.717) is 10.9 Å². The first kappa shape index (κ1) is 15.2. The summed E-state index contributed by atoms with van der Waals surface area (Å²) in [6.07, 6.45) is 2.00. The highest BCUT2D eigenvalue weighted by Gasteiger charge is 2.31. The lowest BCUT2D eigenvalue weighted by Crippen LogP contribution is -2.24. The molecule has 3 heterocycles. The molecule has 0 saturated carbocycles. The zero-order chi connectivity index (χ0) is 17.7. The molecule has 5 nitrogen and oxygen atoms in total. The fourth-order valence-electron chi connectivity index (χ4n) is 3.34. The van der Waals surface area contributed by atoms with Crippen molar-refractivity contribution in [3.63, 3.8) is 0 Å². The third kappa shape index (κ3) is 2.40. The standard InChI is InChI=1S/C19H13FN4OS/c20-12-5-3-4-11(8-12)13-9-17(25)23-18-14(13)10-21-24(18)19-22-15-6-1-2-7-16(15)26-19/h1-8,10,13H,9H2,(H,23,25). The van der Waals surface area contributed by atoms with Crippen molar-refractivity contribution in [1.29, 1.82) is 0 Å². The first-order chi connectivity index (χ1) is 12.7. The smallest absolute Gasteiger partial charge is 0.226 e. The van der Waals surface area contributed by atoms with Crippen molar-refractivity contribution in [2.24, 2.45) is 0 Å². The number of hydrogen-bond acceptors (Lipinski definition) is 4. The average molecular weight is 364 g/mol. The molecule has 26 heavy (non-hydrogen) atoms. The second-order valence-corrected chi connectivity index (χ2v) is 7.19. The fourth-order valence-corrected chi connectivity index (χ4v) is 4.27. The highest BCUT2D eigenvalue weighted by molar-refractivity contribution is 7.20. The fraction of sp³-hybridized carbons (Fsp3) is 0.105. The van der Waals surface area contributed by atoms with E-state index in [1.165, 1.54) is 23.5 Å². The Balaban J connectivity index is 1.64. The first-order valence-corrected chi connectivity index (χ1v) is 9.00. The predicted octanol–water partition coefficient (Wildman–Crippen LogP) is 4.10. The molecule has 2 aromatic carbocycles. The lowest BCUT2D eigenvalue weighted by atomic mass is 9.87. The number of nitrogens with zero attached hydrogens (tertiary/aromatic N) is 3. The minimum atomic E-state index is -0.311. The zero-order valence-electron chi connectivity index (χ0n) is 13.5. The van der Waals surface area contributed by atoms with Crippen molar-refractivity contribution >= 4 is 33.3 Å². The van der Waals surface area contributed by atoms with E-state index >= 15 is 0 Å². The van der Waals surface area contributed by atoms with Crippen LogP contribution in [0.15, 0.2) is 54.7 Å². The average Bonchev–Trinajstić information content (AvgIpc) is 3.24. The lowest BCUT2D eigenvalue weighted by molar-refractivity contribution is -0.116. The van der Waals surface area contributed by atoms with Crippen LogP contribution in [0.5, 0.6) is 0 Å². The number of carbonyl (C=O) groups excluding carboxylic acids is 1. The van der Waals surface area contributed by atoms with Gasteiger partial charge in [-0.3, -0.25) is 4.79 Å². The van der Waals surface area contributed by atoms with E-state index < -0.39 is 0 Å². The van der Waals surface area contributed by atoms with Gasteiger partial charge >= 0.3 is 0 Å². The van der Waals surface area contributed by atoms with Crippen molar-refractivity contribution in [3.05, 3.63) is 71.7 Å². The number of fused-ring (bicyclic) bond motifs is 2. The second-order valence-electron chi connectivity index (χ2n) is 6.18. The highest BCUT2D eigenvalue weighted by atomic mass is 32.1. The number of halogens is 1. The maximum absolute atomic E-state index is 13.7. The quantitative estimate of drug-likeness (QED) is 0.583. The summed E-state index contributed by atoms with van der Waals surface area (Å²) in [7, 11) is 0. The molecule has 1 amide bonds. The van der Waals surface area contributed by atoms with E-state index in [4.69, 9.17) is 0 Å². The van der Waals surface area contributed by atoms with Gasteiger partial charge in [-0.2, -0.15) is 9.78 Å². The molecule has 1 aliphatic heterocycles. The van der Waals surface area contributed by atoms with Crippen LogP contribution in [0.3, 0.4) is 0 Å². The van der Waals surface area contributed by atoms with Crippen LogP contribution in [0.25, 0.3) is 15.3 Å². The number of rotatable bonds is 2. The maximum atomic E-state index is 13.7. The van der Waals surface area contributed by atoms with Gasteiger partial charge in [-0.15, -0.1) is 0 Å². The van der Waals surface area contributed by atoms with Crippen LogP contribution in [0, 0.1) is 5.82 Å². The van der Waals surface area contributed by atoms with Gasteiger partial charge in [0.2, 0.25) is 11.0 Å². The largest absolute Gasteiger partial charge is 0.310 e. The molecule has 0 saturated heterocycles. The van der Waals surface area contributed by atoms with Crippen molar-refractivity contribution in [2.45, 2.75) is 12.3 Å². The van der Waals surface area contributed by atoms with Gasteiger partial charge in [0.15, 0.2) is 0 Å². The van der Waals surface area contributed by atoms with Gasteiger partial charge in [0.1, 0.15) is 11.6 Å². The van der Waals surface area contributed by atoms with Crippen molar-refractivity contribution in [3.8, 4) is 5.13 Å². The number of carbonyl (C=O) groups is 1. The van der Waals surface area contributed by atoms with Crippen LogP contribution < -0.4 is 5.32 Å². The summed E-state index contributed by atoms with van der Waals surface area (Å²) in [5.41, 5.74) is 2.53. The Hall–Kier alpha value is -3.06. The highest BCUT2D eigenvalue weighted by Crippen LogP contribution is 2.39. The summed E-state index contributed by atoms with van der Waals surface area (Å²) < 4.78 is 16.4. The molecule has 4 aromatic rings. The number of nitrogens with one attached hydrogen (secondary N) is 1. The molecule has 0 radical (unpaired) electrons. The Labute approximate surface area is 152 Å². The summed E-state index contributed by atoms with van der Waals surface area (Å²) in [5, 5.41) is 8.04. The Morgan fingerprint density at radius 2 is 2.08 bits per heavy atom. The summed E-state index contributed by atoms with van der Waals surface area (Å²) in [6, 6.07) is 14.2. The molecule has 0 bridgehead atoms. The normalized spacial score (nSPS) is 16.5. The van der Waals surface area contributed by atoms with Crippen LogP contribution in [-0.2, 0) is 4.79 Å². The summed E-state index contributed by atoms with van der Waals surface area (Å²) in [4.78, 5) is 16.9. The van der Waals surface area contributed by atoms with E-state index in [2.05, 4.69) is 15.4 Å². The Morgan fingerprint density at radius 3 is 2.92 bits per heavy atom. The molecule has 1 N–H and O–H groups in total. The Bertz CT molecular complexity index is 1120. The van der Waals surface area contributed by atoms with Gasteiger partial charge in [0.25, 0.3) is 0 Å². The van der Waals surface area contributed by atoms with Crippen LogP contribution in [0.4, 0.5) is 10.2 Å². The molecule has 5 rings (SSSR count). The number of hydrogen-bond donors (Lipinski definition) is 1. The molecule has 1 aliphatic rings. The predicted molar refractivity (Wildman–Crippen MR) is 98.2 cm³/mol. The van der Waals surface area contributed by atoms with Gasteiger partial charge in [0.05, 0.1) is 16.4 Å². The van der Waals surface area contributed by atoms with Gasteiger partial charge in [-0.05, 0) is 29.8 Å². The van der Waals surface area contributed by atoms with E-state index in [0.717, 1.165) is 21.3 Å². The zero-order valence-corrected chi connectivity index (χ0v) is 14.3. The molecule has 1 atom stereocenters. The minimum absolute atomic E-state index is 0.116. The number of benzene rings is 2. The molecule has 0 fully saturated rings. The maximum Gasteiger partial charge on any atom is 0.226 e. The summed E-state index contributed by atoms with van der Waals surface area (Å²) in [6.45, 7) is 0. The molecule has 1 unspecified atom stereocenters. The van der Waals surface area contributed by atoms with Crippen LogP contribution in [0.2, 0.25) is 0 Å². The van der Waals surface area contributed by atoms with Gasteiger partial charge in [-0.25, -0.2) is 9.37 Å². The van der Waals surface area contributed by atoms with Gasteiger partial charge in [-0.1, -0.05) is 35.6 Å². The number of aromatic nitrogens is 3. The van der Waals surface area contributed by atoms with E-state index in [-0.39, 0.29) is 24.1 Å². The first-order valence-electron chi connectivity index (χ1n) is 8.18. The second kappa shape index (κ2) is 5.74. The molecule has 128 valence electrons. The number of thiazole rings is 1. The molecule has 0 aliphatic carbocycles. The van der Waals surface area contributed by atoms with E-state index in [1.54, 1.807) is 16.9 Å². The summed E-state index contributed by atoms with van der Waals surface area (Å²) in [5.74, 6) is -0.0460. The minimum Gasteiger partial charge on any atom is -0.310 e. The molecular weight excluding hydrogens is 351 g/mol. The molecule has 7 heteroatoms. The topological polar surface area (TPSA) is 59.8 Å². The van der Waals surface area contributed by atoms with Crippen LogP contribution >= 0.6 is 11.3 Å². The third-order valence-electron chi connectivity index (χ3n) is 4.54. The molecule has 2 aromatic heterocycles. The van der Waals surface area contributed by atoms with Crippen molar-refractivity contribution in [2.75, 3.05) is 5.32 Å². The summed E-state index contributed by atoms with van der Waals surface area (Å²) >= 11 is 1.51. The number of anilines is 1.